The number of halogens is 2. The average molecular weight is 512 g/mol. The second-order valence-electron chi connectivity index (χ2n) is 11.0. The summed E-state index contributed by atoms with van der Waals surface area (Å²) in [5, 5.41) is -0.653. The lowest BCUT2D eigenvalue weighted by atomic mass is 9.76. The predicted molar refractivity (Wildman–Crippen MR) is 133 cm³/mol. The summed E-state index contributed by atoms with van der Waals surface area (Å²) < 4.78 is 60.5. The lowest BCUT2D eigenvalue weighted by molar-refractivity contribution is -0.0766. The first kappa shape index (κ1) is 26.4. The number of alkyl halides is 2. The second-order valence-corrected chi connectivity index (χ2v) is 13.4. The molecule has 0 aliphatic heterocycles. The van der Waals surface area contributed by atoms with Crippen LogP contribution in [0.2, 0.25) is 0 Å². The van der Waals surface area contributed by atoms with Crippen LogP contribution in [0.25, 0.3) is 0 Å². The number of sulfone groups is 1. The number of rotatable bonds is 11. The molecular formula is C27H39F2NO4S. The highest BCUT2D eigenvalue weighted by Crippen LogP contribution is 2.44. The predicted octanol–water partition coefficient (Wildman–Crippen LogP) is 5.59. The summed E-state index contributed by atoms with van der Waals surface area (Å²) in [4.78, 5) is 14.6. The van der Waals surface area contributed by atoms with E-state index in [0.717, 1.165) is 25.8 Å². The van der Waals surface area contributed by atoms with Crippen molar-refractivity contribution < 1.29 is 26.7 Å². The molecule has 4 rings (SSSR count). The van der Waals surface area contributed by atoms with Crippen molar-refractivity contribution in [1.29, 1.82) is 0 Å². The maximum absolute atomic E-state index is 14.3. The van der Waals surface area contributed by atoms with Gasteiger partial charge in [-0.25, -0.2) is 17.2 Å². The minimum Gasteiger partial charge on any atom is -0.493 e. The van der Waals surface area contributed by atoms with Gasteiger partial charge in [0.2, 0.25) is 5.92 Å². The van der Waals surface area contributed by atoms with Crippen LogP contribution in [0.3, 0.4) is 0 Å². The zero-order valence-electron chi connectivity index (χ0n) is 20.9. The minimum absolute atomic E-state index is 0.0107. The monoisotopic (exact) mass is 511 g/mol. The second kappa shape index (κ2) is 10.7. The van der Waals surface area contributed by atoms with Crippen LogP contribution in [0.4, 0.5) is 8.78 Å². The van der Waals surface area contributed by atoms with Crippen molar-refractivity contribution >= 4 is 15.7 Å². The van der Waals surface area contributed by atoms with E-state index in [2.05, 4.69) is 0 Å². The van der Waals surface area contributed by atoms with Gasteiger partial charge < -0.3 is 9.64 Å². The van der Waals surface area contributed by atoms with Gasteiger partial charge in [0.1, 0.15) is 5.75 Å². The molecule has 3 aliphatic carbocycles. The Morgan fingerprint density at radius 3 is 2.37 bits per heavy atom. The van der Waals surface area contributed by atoms with Crippen molar-refractivity contribution in [3.8, 4) is 5.75 Å². The standard InChI is InChI=1S/C27H39F2NO4S/c1-3-30(16-20-7-8-20)26(31)22-9-11-24(12-10-22)34-17-23-15-27(28,29)14-13-25(23)19(2)35(32,33)18-21-5-4-6-21/h9-12,19-21,23,25H,3-8,13-18H2,1-2H3/t19?,23-,25?/m1/s1. The Morgan fingerprint density at radius 1 is 1.11 bits per heavy atom. The molecular weight excluding hydrogens is 472 g/mol. The molecule has 0 bridgehead atoms. The molecule has 3 fully saturated rings. The zero-order chi connectivity index (χ0) is 25.2. The number of ether oxygens (including phenoxy) is 1. The Balaban J connectivity index is 1.38. The number of carbonyl (C=O) groups excluding carboxylic acids is 1. The third-order valence-electron chi connectivity index (χ3n) is 8.28. The summed E-state index contributed by atoms with van der Waals surface area (Å²) in [5.74, 6) is -2.20. The number of nitrogens with zero attached hydrogens (tertiary/aromatic N) is 1. The van der Waals surface area contributed by atoms with Crippen molar-refractivity contribution in [3.63, 3.8) is 0 Å². The Bertz CT molecular complexity index is 973. The van der Waals surface area contributed by atoms with Gasteiger partial charge in [-0.1, -0.05) is 6.42 Å². The van der Waals surface area contributed by atoms with Crippen LogP contribution in [-0.2, 0) is 9.84 Å². The zero-order valence-corrected chi connectivity index (χ0v) is 21.7. The molecule has 0 heterocycles. The van der Waals surface area contributed by atoms with Gasteiger partial charge in [0.15, 0.2) is 9.84 Å². The summed E-state index contributed by atoms with van der Waals surface area (Å²) in [6.07, 6.45) is 4.87. The van der Waals surface area contributed by atoms with E-state index < -0.39 is 26.9 Å². The third-order valence-corrected chi connectivity index (χ3v) is 10.7. The highest BCUT2D eigenvalue weighted by atomic mass is 32.2. The van der Waals surface area contributed by atoms with Crippen molar-refractivity contribution in [2.24, 2.45) is 23.7 Å². The molecule has 1 aromatic rings. The summed E-state index contributed by atoms with van der Waals surface area (Å²) in [6, 6.07) is 6.83. The van der Waals surface area contributed by atoms with Crippen LogP contribution in [0.15, 0.2) is 24.3 Å². The topological polar surface area (TPSA) is 63.7 Å². The minimum atomic E-state index is -3.35. The average Bonchev–Trinajstić information content (AvgIpc) is 3.62. The molecule has 1 amide bonds. The highest BCUT2D eigenvalue weighted by Gasteiger charge is 2.46. The Morgan fingerprint density at radius 2 is 1.80 bits per heavy atom. The molecule has 8 heteroatoms. The number of hydrogen-bond acceptors (Lipinski definition) is 4. The van der Waals surface area contributed by atoms with E-state index in [1.807, 2.05) is 11.8 Å². The van der Waals surface area contributed by atoms with Gasteiger partial charge in [0.05, 0.1) is 17.6 Å². The van der Waals surface area contributed by atoms with Crippen molar-refractivity contribution in [2.75, 3.05) is 25.4 Å². The highest BCUT2D eigenvalue weighted by molar-refractivity contribution is 7.92. The van der Waals surface area contributed by atoms with Gasteiger partial charge in [-0.3, -0.25) is 4.79 Å². The van der Waals surface area contributed by atoms with Gasteiger partial charge in [-0.2, -0.15) is 0 Å². The first-order valence-electron chi connectivity index (χ1n) is 13.2. The molecule has 0 aromatic heterocycles. The summed E-state index contributed by atoms with van der Waals surface area (Å²) in [6.45, 7) is 5.15. The van der Waals surface area contributed by atoms with Gasteiger partial charge in [-0.15, -0.1) is 0 Å². The molecule has 2 unspecified atom stereocenters. The fourth-order valence-electron chi connectivity index (χ4n) is 5.50. The molecule has 0 spiro atoms. The van der Waals surface area contributed by atoms with Crippen LogP contribution in [0, 0.1) is 23.7 Å². The van der Waals surface area contributed by atoms with E-state index in [1.165, 1.54) is 12.8 Å². The fraction of sp³-hybridized carbons (Fsp3) is 0.741. The van der Waals surface area contributed by atoms with E-state index in [9.17, 15) is 22.0 Å². The number of carbonyl (C=O) groups is 1. The van der Waals surface area contributed by atoms with Gasteiger partial charge in [0.25, 0.3) is 5.91 Å². The Hall–Kier alpha value is -1.70. The Kier molecular flexibility index (Phi) is 8.08. The Labute approximate surface area is 208 Å². The molecule has 0 radical (unpaired) electrons. The van der Waals surface area contributed by atoms with Crippen molar-refractivity contribution in [1.82, 2.24) is 4.90 Å². The molecule has 3 atom stereocenters. The number of amides is 1. The van der Waals surface area contributed by atoms with Crippen LogP contribution in [0.1, 0.15) is 75.6 Å². The van der Waals surface area contributed by atoms with E-state index in [-0.39, 0.29) is 49.4 Å². The number of hydrogen-bond donors (Lipinski definition) is 0. The summed E-state index contributed by atoms with van der Waals surface area (Å²) in [5.41, 5.74) is 0.581. The van der Waals surface area contributed by atoms with Crippen LogP contribution >= 0.6 is 0 Å². The summed E-state index contributed by atoms with van der Waals surface area (Å²) >= 11 is 0. The quantitative estimate of drug-likeness (QED) is 0.388. The molecule has 0 N–H and O–H groups in total. The van der Waals surface area contributed by atoms with Crippen LogP contribution in [0.5, 0.6) is 5.75 Å². The van der Waals surface area contributed by atoms with Crippen LogP contribution < -0.4 is 4.74 Å². The summed E-state index contributed by atoms with van der Waals surface area (Å²) in [7, 11) is -3.35. The van der Waals surface area contributed by atoms with E-state index in [0.29, 0.717) is 23.8 Å². The van der Waals surface area contributed by atoms with Crippen molar-refractivity contribution in [2.45, 2.75) is 76.4 Å². The molecule has 0 saturated heterocycles. The third kappa shape index (κ3) is 6.75. The molecule has 5 nitrogen and oxygen atoms in total. The molecule has 35 heavy (non-hydrogen) atoms. The number of benzene rings is 1. The molecule has 3 saturated carbocycles. The van der Waals surface area contributed by atoms with E-state index in [1.54, 1.807) is 31.2 Å². The maximum Gasteiger partial charge on any atom is 0.253 e. The largest absolute Gasteiger partial charge is 0.493 e. The van der Waals surface area contributed by atoms with Crippen molar-refractivity contribution in [3.05, 3.63) is 29.8 Å². The first-order chi connectivity index (χ1) is 16.6. The SMILES string of the molecule is CCN(CC1CC1)C(=O)c1ccc(OC[C@H]2CC(F)(F)CCC2C(C)S(=O)(=O)CC2CCC2)cc1. The maximum atomic E-state index is 14.3. The molecule has 1 aromatic carbocycles. The smallest absolute Gasteiger partial charge is 0.253 e. The lowest BCUT2D eigenvalue weighted by Gasteiger charge is -2.39. The van der Waals surface area contributed by atoms with Gasteiger partial charge in [-0.05, 0) is 88.0 Å². The lowest BCUT2D eigenvalue weighted by Crippen LogP contribution is -2.44. The van der Waals surface area contributed by atoms with Crippen LogP contribution in [-0.4, -0.2) is 55.8 Å². The molecule has 196 valence electrons. The van der Waals surface area contributed by atoms with Gasteiger partial charge >= 0.3 is 0 Å². The van der Waals surface area contributed by atoms with E-state index in [4.69, 9.17) is 4.74 Å². The van der Waals surface area contributed by atoms with Gasteiger partial charge in [0, 0.05) is 37.4 Å². The fourth-order valence-corrected chi connectivity index (χ4v) is 7.69. The molecule has 3 aliphatic rings. The normalized spacial score (nSPS) is 25.5. The van der Waals surface area contributed by atoms with E-state index >= 15 is 0 Å². The first-order valence-corrected chi connectivity index (χ1v) is 14.9.